The molecule has 0 aliphatic carbocycles. The minimum Gasteiger partial charge on any atom is -0.494 e. The highest BCUT2D eigenvalue weighted by Gasteiger charge is 2.34. The zero-order valence-electron chi connectivity index (χ0n) is 18.2. The number of benzene rings is 2. The molecule has 0 radical (unpaired) electrons. The lowest BCUT2D eigenvalue weighted by atomic mass is 10.1. The van der Waals surface area contributed by atoms with Crippen molar-refractivity contribution in [2.45, 2.75) is 26.1 Å². The van der Waals surface area contributed by atoms with E-state index in [9.17, 15) is 22.8 Å². The third-order valence-corrected chi connectivity index (χ3v) is 6.17. The highest BCUT2D eigenvalue weighted by atomic mass is 32.1. The molecule has 1 N–H and O–H groups in total. The van der Waals surface area contributed by atoms with Crippen molar-refractivity contribution in [3.63, 3.8) is 0 Å². The van der Waals surface area contributed by atoms with E-state index < -0.39 is 29.2 Å². The highest BCUT2D eigenvalue weighted by Crippen LogP contribution is 2.35. The summed E-state index contributed by atoms with van der Waals surface area (Å²) in [7, 11) is 0. The van der Waals surface area contributed by atoms with Gasteiger partial charge in [-0.3, -0.25) is 14.2 Å². The Kier molecular flexibility index (Phi) is 6.43. The summed E-state index contributed by atoms with van der Waals surface area (Å²) >= 11 is 1.29. The Balaban J connectivity index is 1.68. The third-order valence-electron chi connectivity index (χ3n) is 5.28. The first-order valence-electron chi connectivity index (χ1n) is 10.4. The lowest BCUT2D eigenvalue weighted by Gasteiger charge is -2.18. The Morgan fingerprint density at radius 3 is 2.56 bits per heavy atom. The number of rotatable bonds is 6. The lowest BCUT2D eigenvalue weighted by molar-refractivity contribution is -0.137. The van der Waals surface area contributed by atoms with Crippen LogP contribution in [0.25, 0.3) is 21.3 Å². The monoisotopic (exact) mass is 487 g/mol. The lowest BCUT2D eigenvalue weighted by Crippen LogP contribution is -2.32. The second-order valence-corrected chi connectivity index (χ2v) is 8.31. The van der Waals surface area contributed by atoms with E-state index in [1.807, 2.05) is 24.4 Å². The first kappa shape index (κ1) is 23.5. The standard InChI is InChI=1S/C24H20F3N3O3S/c1-3-33-16-10-8-15(9-11-16)17-12-34-22-20(17)23(32)30(13-28-22)14(2)21(31)29-19-7-5-4-6-18(19)24(25,26)27/h4-14H,3H2,1-2H3,(H,29,31). The van der Waals surface area contributed by atoms with Crippen LogP contribution in [0.5, 0.6) is 5.75 Å². The van der Waals surface area contributed by atoms with Crippen molar-refractivity contribution in [2.24, 2.45) is 0 Å². The molecule has 0 saturated carbocycles. The molecule has 0 aliphatic rings. The van der Waals surface area contributed by atoms with Crippen LogP contribution in [0.1, 0.15) is 25.5 Å². The Morgan fingerprint density at radius 1 is 1.18 bits per heavy atom. The van der Waals surface area contributed by atoms with Crippen LogP contribution in [0.4, 0.5) is 18.9 Å². The maximum Gasteiger partial charge on any atom is 0.418 e. The molecule has 4 aromatic rings. The Morgan fingerprint density at radius 2 is 1.88 bits per heavy atom. The van der Waals surface area contributed by atoms with Gasteiger partial charge in [-0.2, -0.15) is 13.2 Å². The molecule has 34 heavy (non-hydrogen) atoms. The number of para-hydroxylation sites is 1. The number of nitrogens with zero attached hydrogens (tertiary/aromatic N) is 2. The van der Waals surface area contributed by atoms with Crippen molar-refractivity contribution in [3.8, 4) is 16.9 Å². The molecular weight excluding hydrogens is 467 g/mol. The van der Waals surface area contributed by atoms with E-state index in [1.54, 1.807) is 12.1 Å². The third kappa shape index (κ3) is 4.54. The fraction of sp³-hybridized carbons (Fsp3) is 0.208. The zero-order chi connectivity index (χ0) is 24.5. The number of aromatic nitrogens is 2. The van der Waals surface area contributed by atoms with Gasteiger partial charge in [0.1, 0.15) is 16.6 Å². The van der Waals surface area contributed by atoms with Crippen LogP contribution in [-0.4, -0.2) is 22.1 Å². The van der Waals surface area contributed by atoms with Crippen LogP contribution in [0, 0.1) is 0 Å². The maximum absolute atomic E-state index is 13.3. The normalized spacial score (nSPS) is 12.5. The van der Waals surface area contributed by atoms with E-state index in [1.165, 1.54) is 42.8 Å². The number of halogens is 3. The van der Waals surface area contributed by atoms with Crippen LogP contribution in [0.3, 0.4) is 0 Å². The summed E-state index contributed by atoms with van der Waals surface area (Å²) in [5.41, 5.74) is -0.360. The number of hydrogen-bond acceptors (Lipinski definition) is 5. The number of carbonyl (C=O) groups excluding carboxylic acids is 1. The van der Waals surface area contributed by atoms with Crippen molar-refractivity contribution in [2.75, 3.05) is 11.9 Å². The van der Waals surface area contributed by atoms with Gasteiger partial charge in [-0.25, -0.2) is 4.98 Å². The SMILES string of the molecule is CCOc1ccc(-c2csc3ncn(C(C)C(=O)Nc4ccccc4C(F)(F)F)c(=O)c23)cc1. The molecule has 0 spiro atoms. The summed E-state index contributed by atoms with van der Waals surface area (Å²) in [5.74, 6) is -0.0662. The number of nitrogens with one attached hydrogen (secondary N) is 1. The molecule has 2 aromatic heterocycles. The first-order chi connectivity index (χ1) is 16.2. The molecule has 1 atom stereocenters. The van der Waals surface area contributed by atoms with Crippen LogP contribution in [-0.2, 0) is 11.0 Å². The average molecular weight is 488 g/mol. The summed E-state index contributed by atoms with van der Waals surface area (Å²) in [6.07, 6.45) is -3.39. The quantitative estimate of drug-likeness (QED) is 0.376. The van der Waals surface area contributed by atoms with Crippen molar-refractivity contribution in [1.29, 1.82) is 0 Å². The smallest absolute Gasteiger partial charge is 0.418 e. The van der Waals surface area contributed by atoms with E-state index in [4.69, 9.17) is 4.74 Å². The second-order valence-electron chi connectivity index (χ2n) is 7.45. The minimum absolute atomic E-state index is 0.340. The number of anilines is 1. The fourth-order valence-electron chi connectivity index (χ4n) is 3.53. The van der Waals surface area contributed by atoms with Crippen LogP contribution in [0.2, 0.25) is 0 Å². The summed E-state index contributed by atoms with van der Waals surface area (Å²) in [6.45, 7) is 3.85. The highest BCUT2D eigenvalue weighted by molar-refractivity contribution is 7.17. The van der Waals surface area contributed by atoms with Crippen molar-refractivity contribution in [1.82, 2.24) is 9.55 Å². The number of alkyl halides is 3. The largest absolute Gasteiger partial charge is 0.494 e. The maximum atomic E-state index is 13.3. The van der Waals surface area contributed by atoms with E-state index in [2.05, 4.69) is 10.3 Å². The van der Waals surface area contributed by atoms with Gasteiger partial charge in [0, 0.05) is 10.9 Å². The Hall–Kier alpha value is -3.66. The summed E-state index contributed by atoms with van der Waals surface area (Å²) < 4.78 is 46.4. The zero-order valence-corrected chi connectivity index (χ0v) is 19.0. The topological polar surface area (TPSA) is 73.2 Å². The summed E-state index contributed by atoms with van der Waals surface area (Å²) in [4.78, 5) is 30.9. The second kappa shape index (κ2) is 9.30. The van der Waals surface area contributed by atoms with E-state index >= 15 is 0 Å². The fourth-order valence-corrected chi connectivity index (χ4v) is 4.44. The van der Waals surface area contributed by atoms with Gasteiger partial charge in [-0.15, -0.1) is 11.3 Å². The molecule has 0 aliphatic heterocycles. The first-order valence-corrected chi connectivity index (χ1v) is 11.3. The van der Waals surface area contributed by atoms with Gasteiger partial charge >= 0.3 is 6.18 Å². The van der Waals surface area contributed by atoms with Crippen molar-refractivity contribution in [3.05, 3.63) is 76.2 Å². The molecule has 1 amide bonds. The predicted molar refractivity (Wildman–Crippen MR) is 125 cm³/mol. The molecule has 4 rings (SSSR count). The number of thiophene rings is 1. The summed E-state index contributed by atoms with van der Waals surface area (Å²) in [5, 5.41) is 4.44. The summed E-state index contributed by atoms with van der Waals surface area (Å²) in [6, 6.07) is 10.8. The molecular formula is C24H20F3N3O3S. The van der Waals surface area contributed by atoms with Crippen LogP contribution in [0.15, 0.2) is 65.0 Å². The number of hydrogen-bond donors (Lipinski definition) is 1. The van der Waals surface area contributed by atoms with Gasteiger partial charge in [0.15, 0.2) is 0 Å². The van der Waals surface area contributed by atoms with Gasteiger partial charge < -0.3 is 10.1 Å². The number of amides is 1. The number of fused-ring (bicyclic) bond motifs is 1. The molecule has 2 heterocycles. The minimum atomic E-state index is -4.63. The Bertz CT molecular complexity index is 1390. The van der Waals surface area contributed by atoms with E-state index in [-0.39, 0.29) is 5.69 Å². The molecule has 0 bridgehead atoms. The van der Waals surface area contributed by atoms with E-state index in [0.29, 0.717) is 28.1 Å². The van der Waals surface area contributed by atoms with Crippen LogP contribution >= 0.6 is 11.3 Å². The number of ether oxygens (including phenoxy) is 1. The predicted octanol–water partition coefficient (Wildman–Crippen LogP) is 5.74. The molecule has 2 aromatic carbocycles. The van der Waals surface area contributed by atoms with Gasteiger partial charge in [0.25, 0.3) is 5.56 Å². The van der Waals surface area contributed by atoms with Gasteiger partial charge in [0.2, 0.25) is 5.91 Å². The van der Waals surface area contributed by atoms with Crippen LogP contribution < -0.4 is 15.6 Å². The Labute approximate surface area is 196 Å². The van der Waals surface area contributed by atoms with Crippen molar-refractivity contribution < 1.29 is 22.7 Å². The molecule has 176 valence electrons. The molecule has 1 unspecified atom stereocenters. The van der Waals surface area contributed by atoms with Gasteiger partial charge in [-0.05, 0) is 43.7 Å². The van der Waals surface area contributed by atoms with Gasteiger partial charge in [0.05, 0.1) is 29.6 Å². The van der Waals surface area contributed by atoms with Gasteiger partial charge in [-0.1, -0.05) is 24.3 Å². The molecule has 0 fully saturated rings. The van der Waals surface area contributed by atoms with E-state index in [0.717, 1.165) is 16.2 Å². The molecule has 0 saturated heterocycles. The number of carbonyl (C=O) groups is 1. The molecule has 6 nitrogen and oxygen atoms in total. The average Bonchev–Trinajstić information content (AvgIpc) is 3.24. The van der Waals surface area contributed by atoms with Crippen molar-refractivity contribution >= 4 is 33.1 Å². The molecule has 10 heteroatoms.